The van der Waals surface area contributed by atoms with Gasteiger partial charge < -0.3 is 0 Å². The van der Waals surface area contributed by atoms with Crippen LogP contribution in [0.3, 0.4) is 0 Å². The second kappa shape index (κ2) is 4.37. The summed E-state index contributed by atoms with van der Waals surface area (Å²) in [5.74, 6) is 0.747. The van der Waals surface area contributed by atoms with Crippen molar-refractivity contribution >= 4 is 0 Å². The second-order valence-electron chi connectivity index (χ2n) is 3.97. The van der Waals surface area contributed by atoms with Crippen LogP contribution in [0.5, 0.6) is 0 Å². The molecule has 0 bridgehead atoms. The molecule has 18 heavy (non-hydrogen) atoms. The third-order valence-electron chi connectivity index (χ3n) is 2.56. The predicted octanol–water partition coefficient (Wildman–Crippen LogP) is 2.03. The van der Waals surface area contributed by atoms with E-state index in [0.717, 1.165) is 22.6 Å². The minimum Gasteiger partial charge on any atom is -0.264 e. The number of rotatable bonds is 2. The normalized spacial score (nSPS) is 10.5. The number of aromatic nitrogens is 5. The molecule has 0 fully saturated rings. The lowest BCUT2D eigenvalue weighted by Crippen LogP contribution is -1.99. The lowest BCUT2D eigenvalue weighted by atomic mass is 10.2. The molecule has 0 aliphatic carbocycles. The van der Waals surface area contributed by atoms with Crippen LogP contribution in [0.1, 0.15) is 5.56 Å². The molecular formula is C13H11N5. The molecule has 3 aromatic rings. The largest absolute Gasteiger partial charge is 0.264 e. The van der Waals surface area contributed by atoms with Gasteiger partial charge in [-0.3, -0.25) is 4.98 Å². The van der Waals surface area contributed by atoms with Crippen molar-refractivity contribution in [3.05, 3.63) is 54.9 Å². The Labute approximate surface area is 104 Å². The Morgan fingerprint density at radius 1 is 1.17 bits per heavy atom. The molecule has 0 saturated heterocycles. The highest BCUT2D eigenvalue weighted by molar-refractivity contribution is 5.58. The van der Waals surface area contributed by atoms with Crippen LogP contribution in [-0.2, 0) is 0 Å². The summed E-state index contributed by atoms with van der Waals surface area (Å²) in [5, 5.41) is 4.23. The Balaban J connectivity index is 2.05. The Hall–Kier alpha value is -2.56. The first-order valence-corrected chi connectivity index (χ1v) is 5.57. The Morgan fingerprint density at radius 2 is 2.11 bits per heavy atom. The fourth-order valence-electron chi connectivity index (χ4n) is 1.68. The van der Waals surface area contributed by atoms with Gasteiger partial charge in [0.15, 0.2) is 5.82 Å². The van der Waals surface area contributed by atoms with Crippen LogP contribution in [0.2, 0.25) is 0 Å². The fourth-order valence-corrected chi connectivity index (χ4v) is 1.68. The van der Waals surface area contributed by atoms with Gasteiger partial charge in [-0.15, -0.1) is 0 Å². The Bertz CT molecular complexity index is 660. The summed E-state index contributed by atoms with van der Waals surface area (Å²) in [6.45, 7) is 1.99. The first-order valence-electron chi connectivity index (χ1n) is 5.57. The molecule has 0 radical (unpaired) electrons. The van der Waals surface area contributed by atoms with Gasteiger partial charge in [0.05, 0.1) is 11.9 Å². The first kappa shape index (κ1) is 10.6. The van der Waals surface area contributed by atoms with E-state index in [1.54, 1.807) is 23.3 Å². The van der Waals surface area contributed by atoms with Crippen molar-refractivity contribution < 1.29 is 0 Å². The second-order valence-corrected chi connectivity index (χ2v) is 3.97. The smallest absolute Gasteiger partial charge is 0.157 e. The average Bonchev–Trinajstić information content (AvgIpc) is 2.87. The highest BCUT2D eigenvalue weighted by atomic mass is 15.3. The topological polar surface area (TPSA) is 56.5 Å². The summed E-state index contributed by atoms with van der Waals surface area (Å²) in [6.07, 6.45) is 8.78. The van der Waals surface area contributed by atoms with E-state index in [1.165, 1.54) is 6.33 Å². The molecule has 0 aliphatic heterocycles. The predicted molar refractivity (Wildman–Crippen MR) is 67.1 cm³/mol. The number of nitrogens with zero attached hydrogens (tertiary/aromatic N) is 5. The van der Waals surface area contributed by atoms with Gasteiger partial charge in [0.2, 0.25) is 0 Å². The van der Waals surface area contributed by atoms with Crippen LogP contribution < -0.4 is 0 Å². The van der Waals surface area contributed by atoms with Crippen molar-refractivity contribution in [1.82, 2.24) is 24.7 Å². The third kappa shape index (κ3) is 1.98. The minimum atomic E-state index is 0.747. The average molecular weight is 237 g/mol. The van der Waals surface area contributed by atoms with E-state index in [-0.39, 0.29) is 0 Å². The summed E-state index contributed by atoms with van der Waals surface area (Å²) in [7, 11) is 0. The maximum atomic E-state index is 4.25. The first-order chi connectivity index (χ1) is 8.83. The number of pyridine rings is 1. The molecule has 0 spiro atoms. The van der Waals surface area contributed by atoms with Crippen LogP contribution in [0.25, 0.3) is 17.1 Å². The van der Waals surface area contributed by atoms with Gasteiger partial charge in [-0.1, -0.05) is 0 Å². The quantitative estimate of drug-likeness (QED) is 0.684. The van der Waals surface area contributed by atoms with E-state index in [2.05, 4.69) is 20.1 Å². The molecule has 0 saturated carbocycles. The SMILES string of the molecule is Cc1cnn(-c2cc(-c3cccnc3)ncn2)c1. The van der Waals surface area contributed by atoms with E-state index in [0.29, 0.717) is 0 Å². The van der Waals surface area contributed by atoms with Gasteiger partial charge in [0.1, 0.15) is 6.33 Å². The summed E-state index contributed by atoms with van der Waals surface area (Å²) in [5.41, 5.74) is 2.89. The van der Waals surface area contributed by atoms with Crippen LogP contribution in [0.15, 0.2) is 49.3 Å². The van der Waals surface area contributed by atoms with Gasteiger partial charge in [0, 0.05) is 30.2 Å². The molecular weight excluding hydrogens is 226 g/mol. The van der Waals surface area contributed by atoms with E-state index in [9.17, 15) is 0 Å². The van der Waals surface area contributed by atoms with Gasteiger partial charge in [-0.2, -0.15) is 5.10 Å². The molecule has 5 heteroatoms. The van der Waals surface area contributed by atoms with E-state index >= 15 is 0 Å². The lowest BCUT2D eigenvalue weighted by Gasteiger charge is -2.03. The molecule has 0 aromatic carbocycles. The van der Waals surface area contributed by atoms with Crippen LogP contribution in [0.4, 0.5) is 0 Å². The van der Waals surface area contributed by atoms with E-state index < -0.39 is 0 Å². The summed E-state index contributed by atoms with van der Waals surface area (Å²) in [6, 6.07) is 5.74. The zero-order valence-corrected chi connectivity index (χ0v) is 9.85. The van der Waals surface area contributed by atoms with Gasteiger partial charge >= 0.3 is 0 Å². The van der Waals surface area contributed by atoms with Crippen molar-refractivity contribution in [2.75, 3.05) is 0 Å². The molecule has 0 amide bonds. The van der Waals surface area contributed by atoms with Crippen LogP contribution in [0, 0.1) is 6.92 Å². The van der Waals surface area contributed by atoms with Crippen molar-refractivity contribution in [2.45, 2.75) is 6.92 Å². The number of aryl methyl sites for hydroxylation is 1. The zero-order chi connectivity index (χ0) is 12.4. The maximum Gasteiger partial charge on any atom is 0.157 e. The molecule has 3 rings (SSSR count). The molecule has 3 aromatic heterocycles. The molecule has 3 heterocycles. The van der Waals surface area contributed by atoms with Crippen molar-refractivity contribution in [3.8, 4) is 17.1 Å². The summed E-state index contributed by atoms with van der Waals surface area (Å²) >= 11 is 0. The summed E-state index contributed by atoms with van der Waals surface area (Å²) in [4.78, 5) is 12.6. The third-order valence-corrected chi connectivity index (χ3v) is 2.56. The molecule has 88 valence electrons. The van der Waals surface area contributed by atoms with Gasteiger partial charge in [0.25, 0.3) is 0 Å². The monoisotopic (exact) mass is 237 g/mol. The number of hydrogen-bond acceptors (Lipinski definition) is 4. The zero-order valence-electron chi connectivity index (χ0n) is 9.85. The molecule has 0 aliphatic rings. The highest BCUT2D eigenvalue weighted by Crippen LogP contribution is 2.16. The van der Waals surface area contributed by atoms with Gasteiger partial charge in [-0.25, -0.2) is 14.6 Å². The molecule has 0 N–H and O–H groups in total. The Kier molecular flexibility index (Phi) is 2.57. The Morgan fingerprint density at radius 3 is 2.83 bits per heavy atom. The lowest BCUT2D eigenvalue weighted by molar-refractivity contribution is 0.840. The molecule has 0 atom stereocenters. The minimum absolute atomic E-state index is 0.747. The number of hydrogen-bond donors (Lipinski definition) is 0. The standard InChI is InChI=1S/C13H11N5/c1-10-6-17-18(8-10)13-5-12(15-9-16-13)11-3-2-4-14-7-11/h2-9H,1H3. The molecule has 5 nitrogen and oxygen atoms in total. The fraction of sp³-hybridized carbons (Fsp3) is 0.0769. The van der Waals surface area contributed by atoms with E-state index in [1.807, 2.05) is 31.3 Å². The maximum absolute atomic E-state index is 4.25. The van der Waals surface area contributed by atoms with Gasteiger partial charge in [-0.05, 0) is 24.6 Å². The van der Waals surface area contributed by atoms with E-state index in [4.69, 9.17) is 0 Å². The van der Waals surface area contributed by atoms with Crippen molar-refractivity contribution in [2.24, 2.45) is 0 Å². The van der Waals surface area contributed by atoms with Crippen molar-refractivity contribution in [1.29, 1.82) is 0 Å². The molecule has 0 unspecified atom stereocenters. The highest BCUT2D eigenvalue weighted by Gasteiger charge is 2.04. The van der Waals surface area contributed by atoms with Crippen LogP contribution >= 0.6 is 0 Å². The van der Waals surface area contributed by atoms with Crippen LogP contribution in [-0.4, -0.2) is 24.7 Å². The van der Waals surface area contributed by atoms with Crippen molar-refractivity contribution in [3.63, 3.8) is 0 Å². The summed E-state index contributed by atoms with van der Waals surface area (Å²) < 4.78 is 1.73.